The minimum Gasteiger partial charge on any atom is -0.466 e. The molecule has 1 saturated heterocycles. The normalized spacial score (nSPS) is 23.5. The second-order valence-corrected chi connectivity index (χ2v) is 5.06. The van der Waals surface area contributed by atoms with Crippen LogP contribution in [0, 0.1) is 5.92 Å². The molecule has 3 atom stereocenters. The predicted octanol–water partition coefficient (Wildman–Crippen LogP) is -0.336. The van der Waals surface area contributed by atoms with Crippen molar-refractivity contribution in [2.24, 2.45) is 5.92 Å². The molecular weight excluding hydrogens is 337 g/mol. The quantitative estimate of drug-likeness (QED) is 0.513. The van der Waals surface area contributed by atoms with Crippen LogP contribution in [0.5, 0.6) is 0 Å². The Labute approximate surface area is 135 Å². The molecule has 0 aromatic carbocycles. The lowest BCUT2D eigenvalue weighted by Crippen LogP contribution is -2.45. The van der Waals surface area contributed by atoms with Crippen LogP contribution in [-0.2, 0) is 28.7 Å². The SMILES string of the molecule is CCOC(=O)[C@@H]1C[C@H](C(=O)OC(=O)C(F)(F)F)N[C@H]1CNC(C)=O. The molecule has 1 heterocycles. The maximum Gasteiger partial charge on any atom is 0.491 e. The van der Waals surface area contributed by atoms with Crippen molar-refractivity contribution in [2.45, 2.75) is 38.5 Å². The van der Waals surface area contributed by atoms with Gasteiger partial charge in [0.25, 0.3) is 0 Å². The van der Waals surface area contributed by atoms with Gasteiger partial charge in [0, 0.05) is 19.5 Å². The zero-order chi connectivity index (χ0) is 18.5. The van der Waals surface area contributed by atoms with Crippen molar-refractivity contribution in [3.05, 3.63) is 0 Å². The molecule has 1 amide bonds. The molecule has 11 heteroatoms. The molecular formula is C13H17F3N2O6. The molecule has 8 nitrogen and oxygen atoms in total. The number of ether oxygens (including phenoxy) is 2. The van der Waals surface area contributed by atoms with Gasteiger partial charge in [-0.15, -0.1) is 0 Å². The molecule has 1 aliphatic rings. The van der Waals surface area contributed by atoms with E-state index in [0.717, 1.165) is 0 Å². The molecule has 0 aromatic heterocycles. The Hall–Kier alpha value is -2.17. The van der Waals surface area contributed by atoms with Crippen molar-refractivity contribution in [3.63, 3.8) is 0 Å². The summed E-state index contributed by atoms with van der Waals surface area (Å²) in [7, 11) is 0. The number of rotatable bonds is 5. The van der Waals surface area contributed by atoms with Crippen LogP contribution in [0.25, 0.3) is 0 Å². The van der Waals surface area contributed by atoms with Crippen molar-refractivity contribution in [1.82, 2.24) is 10.6 Å². The van der Waals surface area contributed by atoms with Crippen LogP contribution in [-0.4, -0.2) is 55.2 Å². The number of amides is 1. The van der Waals surface area contributed by atoms with Gasteiger partial charge in [-0.2, -0.15) is 13.2 Å². The molecule has 0 saturated carbocycles. The van der Waals surface area contributed by atoms with Crippen molar-refractivity contribution in [2.75, 3.05) is 13.2 Å². The third kappa shape index (κ3) is 5.48. The van der Waals surface area contributed by atoms with Gasteiger partial charge in [0.15, 0.2) is 0 Å². The number of halogens is 3. The fourth-order valence-electron chi connectivity index (χ4n) is 2.21. The first-order valence-corrected chi connectivity index (χ1v) is 7.06. The van der Waals surface area contributed by atoms with Gasteiger partial charge in [0.05, 0.1) is 12.5 Å². The Balaban J connectivity index is 2.76. The number of esters is 3. The second kappa shape index (κ2) is 8.08. The molecule has 0 spiro atoms. The van der Waals surface area contributed by atoms with Gasteiger partial charge < -0.3 is 14.8 Å². The standard InChI is InChI=1S/C13H17F3N2O6/c1-3-23-10(20)7-4-8(18-9(7)5-17-6(2)19)11(21)24-12(22)13(14,15)16/h7-9,18H,3-5H2,1-2H3,(H,17,19)/t7-,8-,9+/m1/s1. The van der Waals surface area contributed by atoms with E-state index in [0.29, 0.717) is 0 Å². The van der Waals surface area contributed by atoms with Crippen molar-refractivity contribution < 1.29 is 41.8 Å². The lowest BCUT2D eigenvalue weighted by molar-refractivity contribution is -0.202. The summed E-state index contributed by atoms with van der Waals surface area (Å²) in [5.41, 5.74) is 0. The zero-order valence-corrected chi connectivity index (χ0v) is 12.9. The van der Waals surface area contributed by atoms with Crippen molar-refractivity contribution in [3.8, 4) is 0 Å². The summed E-state index contributed by atoms with van der Waals surface area (Å²) in [4.78, 5) is 45.2. The average molecular weight is 354 g/mol. The van der Waals surface area contributed by atoms with Gasteiger partial charge in [-0.3, -0.25) is 14.9 Å². The van der Waals surface area contributed by atoms with E-state index >= 15 is 0 Å². The Kier molecular flexibility index (Phi) is 6.70. The highest BCUT2D eigenvalue weighted by Crippen LogP contribution is 2.24. The van der Waals surface area contributed by atoms with Crippen LogP contribution in [0.15, 0.2) is 0 Å². The first kappa shape index (κ1) is 19.9. The van der Waals surface area contributed by atoms with E-state index in [4.69, 9.17) is 4.74 Å². The topological polar surface area (TPSA) is 111 Å². The fraction of sp³-hybridized carbons (Fsp3) is 0.692. The van der Waals surface area contributed by atoms with Crippen LogP contribution in [0.1, 0.15) is 20.3 Å². The Morgan fingerprint density at radius 2 is 1.83 bits per heavy atom. The molecule has 1 aliphatic heterocycles. The van der Waals surface area contributed by atoms with E-state index in [1.807, 2.05) is 0 Å². The molecule has 0 unspecified atom stereocenters. The third-order valence-corrected chi connectivity index (χ3v) is 3.26. The number of nitrogens with one attached hydrogen (secondary N) is 2. The van der Waals surface area contributed by atoms with Crippen LogP contribution < -0.4 is 10.6 Å². The monoisotopic (exact) mass is 354 g/mol. The maximum absolute atomic E-state index is 12.1. The summed E-state index contributed by atoms with van der Waals surface area (Å²) >= 11 is 0. The van der Waals surface area contributed by atoms with Gasteiger partial charge in [-0.05, 0) is 13.3 Å². The fourth-order valence-corrected chi connectivity index (χ4v) is 2.21. The van der Waals surface area contributed by atoms with Gasteiger partial charge in [0.2, 0.25) is 5.91 Å². The number of hydrogen-bond donors (Lipinski definition) is 2. The van der Waals surface area contributed by atoms with Crippen LogP contribution in [0.2, 0.25) is 0 Å². The Morgan fingerprint density at radius 1 is 1.21 bits per heavy atom. The maximum atomic E-state index is 12.1. The molecule has 24 heavy (non-hydrogen) atoms. The molecule has 1 fully saturated rings. The minimum atomic E-state index is -5.30. The summed E-state index contributed by atoms with van der Waals surface area (Å²) in [6, 6.07) is -2.05. The number of alkyl halides is 3. The van der Waals surface area contributed by atoms with Gasteiger partial charge >= 0.3 is 24.1 Å². The second-order valence-electron chi connectivity index (χ2n) is 5.06. The van der Waals surface area contributed by atoms with E-state index in [2.05, 4.69) is 15.4 Å². The average Bonchev–Trinajstić information content (AvgIpc) is 2.88. The van der Waals surface area contributed by atoms with Crippen molar-refractivity contribution in [1.29, 1.82) is 0 Å². The highest BCUT2D eigenvalue weighted by atomic mass is 19.4. The number of carbonyl (C=O) groups is 4. The first-order chi connectivity index (χ1) is 11.1. The summed E-state index contributed by atoms with van der Waals surface area (Å²) in [5, 5.41) is 5.01. The summed E-state index contributed by atoms with van der Waals surface area (Å²) in [6.07, 6.45) is -5.52. The number of hydrogen-bond acceptors (Lipinski definition) is 7. The molecule has 1 rings (SSSR count). The van der Waals surface area contributed by atoms with E-state index in [1.54, 1.807) is 6.92 Å². The highest BCUT2D eigenvalue weighted by Gasteiger charge is 2.47. The summed E-state index contributed by atoms with van der Waals surface area (Å²) in [6.45, 7) is 2.83. The molecule has 0 aromatic rings. The zero-order valence-electron chi connectivity index (χ0n) is 12.9. The summed E-state index contributed by atoms with van der Waals surface area (Å²) < 4.78 is 44.9. The van der Waals surface area contributed by atoms with E-state index < -0.39 is 48.0 Å². The van der Waals surface area contributed by atoms with E-state index in [9.17, 15) is 32.3 Å². The molecule has 0 aliphatic carbocycles. The largest absolute Gasteiger partial charge is 0.491 e. The minimum absolute atomic E-state index is 0.0458. The molecule has 2 N–H and O–H groups in total. The smallest absolute Gasteiger partial charge is 0.466 e. The third-order valence-electron chi connectivity index (χ3n) is 3.26. The van der Waals surface area contributed by atoms with E-state index in [-0.39, 0.29) is 19.6 Å². The predicted molar refractivity (Wildman–Crippen MR) is 71.3 cm³/mol. The van der Waals surface area contributed by atoms with E-state index in [1.165, 1.54) is 6.92 Å². The van der Waals surface area contributed by atoms with Crippen LogP contribution in [0.3, 0.4) is 0 Å². The summed E-state index contributed by atoms with van der Waals surface area (Å²) in [5.74, 6) is -6.02. The molecule has 0 radical (unpaired) electrons. The van der Waals surface area contributed by atoms with Gasteiger partial charge in [-0.1, -0.05) is 0 Å². The Bertz CT molecular complexity index is 522. The number of carbonyl (C=O) groups excluding carboxylic acids is 4. The van der Waals surface area contributed by atoms with Gasteiger partial charge in [0.1, 0.15) is 6.04 Å². The van der Waals surface area contributed by atoms with Crippen LogP contribution >= 0.6 is 0 Å². The van der Waals surface area contributed by atoms with Crippen LogP contribution in [0.4, 0.5) is 13.2 Å². The Morgan fingerprint density at radius 3 is 2.33 bits per heavy atom. The lowest BCUT2D eigenvalue weighted by atomic mass is 9.99. The highest BCUT2D eigenvalue weighted by molar-refractivity contribution is 5.91. The lowest BCUT2D eigenvalue weighted by Gasteiger charge is -2.18. The molecule has 136 valence electrons. The van der Waals surface area contributed by atoms with Crippen molar-refractivity contribution >= 4 is 23.8 Å². The van der Waals surface area contributed by atoms with Gasteiger partial charge in [-0.25, -0.2) is 9.59 Å². The first-order valence-electron chi connectivity index (χ1n) is 7.06. The molecule has 0 bridgehead atoms.